The number of rotatable bonds is 8. The van der Waals surface area contributed by atoms with E-state index in [0.29, 0.717) is 12.0 Å². The van der Waals surface area contributed by atoms with E-state index in [1.54, 1.807) is 5.57 Å². The molecule has 0 amide bonds. The molecule has 142 valence electrons. The zero-order valence-electron chi connectivity index (χ0n) is 16.2. The van der Waals surface area contributed by atoms with Crippen LogP contribution in [-0.2, 0) is 9.47 Å². The second-order valence-corrected chi connectivity index (χ2v) is 7.90. The average Bonchev–Trinajstić information content (AvgIpc) is 2.96. The molecule has 2 unspecified atom stereocenters. The quantitative estimate of drug-likeness (QED) is 0.624. The highest BCUT2D eigenvalue weighted by molar-refractivity contribution is 5.37. The van der Waals surface area contributed by atoms with E-state index in [1.807, 2.05) is 0 Å². The number of ether oxygens (including phenoxy) is 2. The molecule has 0 spiro atoms. The van der Waals surface area contributed by atoms with Gasteiger partial charge in [-0.05, 0) is 38.4 Å². The van der Waals surface area contributed by atoms with Crippen molar-refractivity contribution in [1.82, 2.24) is 14.7 Å². The Hall–Kier alpha value is -0.880. The van der Waals surface area contributed by atoms with Gasteiger partial charge in [0.05, 0.1) is 25.9 Å². The molecule has 3 aliphatic rings. The summed E-state index contributed by atoms with van der Waals surface area (Å²) in [7, 11) is 4.21. The maximum Gasteiger partial charge on any atom is 0.0829 e. The van der Waals surface area contributed by atoms with Crippen LogP contribution in [-0.4, -0.2) is 94.0 Å². The van der Waals surface area contributed by atoms with Crippen molar-refractivity contribution < 1.29 is 9.47 Å². The summed E-state index contributed by atoms with van der Waals surface area (Å²) in [5.41, 5.74) is 3.03. The van der Waals surface area contributed by atoms with Crippen LogP contribution in [0.1, 0.15) is 19.8 Å². The van der Waals surface area contributed by atoms with Gasteiger partial charge in [-0.2, -0.15) is 0 Å². The lowest BCUT2D eigenvalue weighted by Crippen LogP contribution is -2.47. The van der Waals surface area contributed by atoms with E-state index in [1.165, 1.54) is 18.5 Å². The topological polar surface area (TPSA) is 28.2 Å². The summed E-state index contributed by atoms with van der Waals surface area (Å²) in [4.78, 5) is 7.17. The van der Waals surface area contributed by atoms with Gasteiger partial charge in [0.15, 0.2) is 0 Å². The summed E-state index contributed by atoms with van der Waals surface area (Å²) in [6.45, 7) is 11.0. The largest absolute Gasteiger partial charge is 0.378 e. The van der Waals surface area contributed by atoms with Crippen molar-refractivity contribution in [3.63, 3.8) is 0 Å². The fraction of sp³-hybridized carbons (Fsp3) is 0.800. The van der Waals surface area contributed by atoms with Gasteiger partial charge in [0, 0.05) is 45.0 Å². The zero-order valence-corrected chi connectivity index (χ0v) is 16.2. The normalized spacial score (nSPS) is 27.4. The van der Waals surface area contributed by atoms with Gasteiger partial charge in [-0.25, -0.2) is 0 Å². The lowest BCUT2D eigenvalue weighted by molar-refractivity contribution is -0.0449. The lowest BCUT2D eigenvalue weighted by Gasteiger charge is -2.34. The Kier molecular flexibility index (Phi) is 6.93. The van der Waals surface area contributed by atoms with E-state index in [2.05, 4.69) is 47.9 Å². The molecule has 0 aromatic carbocycles. The number of hydrogen-bond acceptors (Lipinski definition) is 5. The fourth-order valence-corrected chi connectivity index (χ4v) is 4.00. The highest BCUT2D eigenvalue weighted by Crippen LogP contribution is 2.33. The van der Waals surface area contributed by atoms with Crippen LogP contribution < -0.4 is 0 Å². The fourth-order valence-electron chi connectivity index (χ4n) is 4.00. The first kappa shape index (κ1) is 18.9. The molecule has 0 saturated carbocycles. The monoisotopic (exact) mass is 349 g/mol. The number of likely N-dealkylation sites (tertiary alicyclic amines) is 1. The first-order chi connectivity index (χ1) is 12.1. The van der Waals surface area contributed by atoms with Crippen LogP contribution in [0.5, 0.6) is 0 Å². The Balaban J connectivity index is 1.31. The predicted octanol–water partition coefficient (Wildman–Crippen LogP) is 1.82. The Morgan fingerprint density at radius 3 is 2.92 bits per heavy atom. The van der Waals surface area contributed by atoms with E-state index in [0.717, 1.165) is 59.1 Å². The minimum Gasteiger partial charge on any atom is -0.378 e. The first-order valence-electron chi connectivity index (χ1n) is 9.84. The van der Waals surface area contributed by atoms with E-state index in [-0.39, 0.29) is 0 Å². The molecule has 3 rings (SSSR count). The molecule has 2 heterocycles. The molecule has 0 aromatic rings. The summed E-state index contributed by atoms with van der Waals surface area (Å²) >= 11 is 0. The van der Waals surface area contributed by atoms with Gasteiger partial charge in [0.2, 0.25) is 0 Å². The van der Waals surface area contributed by atoms with Crippen LogP contribution in [0, 0.1) is 5.92 Å². The van der Waals surface area contributed by atoms with Crippen molar-refractivity contribution in [1.29, 1.82) is 0 Å². The van der Waals surface area contributed by atoms with E-state index < -0.39 is 0 Å². The van der Waals surface area contributed by atoms with Gasteiger partial charge < -0.3 is 19.3 Å². The highest BCUT2D eigenvalue weighted by atomic mass is 16.5. The Labute approximate surface area is 153 Å². The van der Waals surface area contributed by atoms with Crippen LogP contribution in [0.15, 0.2) is 23.4 Å². The van der Waals surface area contributed by atoms with Gasteiger partial charge in [0.1, 0.15) is 0 Å². The minimum atomic E-state index is 0.332. The van der Waals surface area contributed by atoms with Crippen molar-refractivity contribution in [2.75, 3.05) is 73.2 Å². The molecule has 5 heteroatoms. The maximum absolute atomic E-state index is 5.94. The number of hydrogen-bond donors (Lipinski definition) is 0. The number of nitrogens with zero attached hydrogens (tertiary/aromatic N) is 3. The van der Waals surface area contributed by atoms with Crippen LogP contribution in [0.25, 0.3) is 0 Å². The average molecular weight is 350 g/mol. The summed E-state index contributed by atoms with van der Waals surface area (Å²) in [6.07, 6.45) is 7.63. The Morgan fingerprint density at radius 2 is 2.08 bits per heavy atom. The molecule has 2 aliphatic heterocycles. The third-order valence-corrected chi connectivity index (χ3v) is 5.35. The standard InChI is InChI=1S/C20H35N3O2/c1-17-4-5-18-6-7-23(20(18)14-17)10-12-24-11-8-22-9-13-25-19(16-22)15-21(2)3/h5,14,17,19H,4,6-13,15-16H2,1-3H3. The second-order valence-electron chi connectivity index (χ2n) is 7.90. The highest BCUT2D eigenvalue weighted by Gasteiger charge is 2.24. The van der Waals surface area contributed by atoms with E-state index >= 15 is 0 Å². The van der Waals surface area contributed by atoms with E-state index in [4.69, 9.17) is 9.47 Å². The van der Waals surface area contributed by atoms with Crippen molar-refractivity contribution in [3.8, 4) is 0 Å². The summed E-state index contributed by atoms with van der Waals surface area (Å²) in [5, 5.41) is 0. The van der Waals surface area contributed by atoms with Crippen LogP contribution in [0.4, 0.5) is 0 Å². The Morgan fingerprint density at radius 1 is 1.24 bits per heavy atom. The van der Waals surface area contributed by atoms with Crippen LogP contribution >= 0.6 is 0 Å². The second kappa shape index (κ2) is 9.17. The molecule has 2 fully saturated rings. The van der Waals surface area contributed by atoms with Gasteiger partial charge in [0.25, 0.3) is 0 Å². The molecular formula is C20H35N3O2. The third kappa shape index (κ3) is 5.55. The number of morpholine rings is 1. The molecule has 0 aromatic heterocycles. The number of likely N-dealkylation sites (N-methyl/N-ethyl adjacent to an activating group) is 1. The molecule has 0 radical (unpaired) electrons. The summed E-state index contributed by atoms with van der Waals surface area (Å²) < 4.78 is 11.8. The van der Waals surface area contributed by atoms with Gasteiger partial charge in [-0.1, -0.05) is 19.1 Å². The van der Waals surface area contributed by atoms with Gasteiger partial charge >= 0.3 is 0 Å². The van der Waals surface area contributed by atoms with E-state index in [9.17, 15) is 0 Å². The molecular weight excluding hydrogens is 314 g/mol. The zero-order chi connectivity index (χ0) is 17.6. The van der Waals surface area contributed by atoms with Crippen molar-refractivity contribution in [2.45, 2.75) is 25.9 Å². The molecule has 2 atom stereocenters. The molecule has 25 heavy (non-hydrogen) atoms. The third-order valence-electron chi connectivity index (χ3n) is 5.35. The molecule has 0 N–H and O–H groups in total. The minimum absolute atomic E-state index is 0.332. The van der Waals surface area contributed by atoms with Crippen molar-refractivity contribution in [2.24, 2.45) is 5.92 Å². The van der Waals surface area contributed by atoms with Crippen molar-refractivity contribution >= 4 is 0 Å². The van der Waals surface area contributed by atoms with Crippen LogP contribution in [0.2, 0.25) is 0 Å². The van der Waals surface area contributed by atoms with Crippen molar-refractivity contribution in [3.05, 3.63) is 23.4 Å². The Bertz CT molecular complexity index is 489. The SMILES string of the molecule is CC1C=C2C(=CC1)CCN2CCOCCN1CCOC(CN(C)C)C1. The lowest BCUT2D eigenvalue weighted by atomic mass is 9.96. The van der Waals surface area contributed by atoms with Crippen LogP contribution in [0.3, 0.4) is 0 Å². The maximum atomic E-state index is 5.94. The molecule has 1 aliphatic carbocycles. The molecule has 0 bridgehead atoms. The smallest absolute Gasteiger partial charge is 0.0829 e. The molecule has 5 nitrogen and oxygen atoms in total. The van der Waals surface area contributed by atoms with Gasteiger partial charge in [-0.3, -0.25) is 4.90 Å². The summed E-state index contributed by atoms with van der Waals surface area (Å²) in [6, 6.07) is 0. The van der Waals surface area contributed by atoms with Gasteiger partial charge in [-0.15, -0.1) is 0 Å². The number of fused-ring (bicyclic) bond motifs is 1. The number of allylic oxidation sites excluding steroid dienone is 3. The molecule has 2 saturated heterocycles. The predicted molar refractivity (Wildman–Crippen MR) is 102 cm³/mol. The first-order valence-corrected chi connectivity index (χ1v) is 9.84. The summed E-state index contributed by atoms with van der Waals surface area (Å²) in [5.74, 6) is 0.678.